The summed E-state index contributed by atoms with van der Waals surface area (Å²) in [5.74, 6) is -15.0. The first-order valence-corrected chi connectivity index (χ1v) is 32.9. The van der Waals surface area contributed by atoms with Gasteiger partial charge in [-0.3, -0.25) is 47.9 Å². The molecular weight excluding hydrogens is 1310 g/mol. The highest BCUT2D eigenvalue weighted by Gasteiger charge is 2.67. The van der Waals surface area contributed by atoms with Gasteiger partial charge in [0.25, 0.3) is 5.79 Å². The van der Waals surface area contributed by atoms with E-state index in [1.807, 2.05) is 0 Å². The molecule has 5 rings (SSSR count). The number of hydrogen-bond acceptors (Lipinski definition) is 30. The lowest BCUT2D eigenvalue weighted by Crippen LogP contribution is -2.75. The highest BCUT2D eigenvalue weighted by Crippen LogP contribution is 2.45. The van der Waals surface area contributed by atoms with Gasteiger partial charge < -0.3 is 85.8 Å². The van der Waals surface area contributed by atoms with Gasteiger partial charge in [0.2, 0.25) is 5.91 Å². The van der Waals surface area contributed by atoms with Crippen molar-refractivity contribution in [1.29, 1.82) is 0 Å². The summed E-state index contributed by atoms with van der Waals surface area (Å²) in [6, 6.07) is 4.92. The molecule has 550 valence electrons. The number of hydrogen-bond donors (Lipinski definition) is 1. The van der Waals surface area contributed by atoms with Crippen LogP contribution in [0.1, 0.15) is 170 Å². The number of allylic oxidation sites excluding steroid dienone is 1. The Labute approximate surface area is 572 Å². The standard InChI is InChI=1S/C66H92N4O29/c1-12-13-14-15-16-17-18-19-20-21-22-23-27-30-48(93-62(81)46-28-25-24-26-29-46)47(69-70-67)32-86-63-60(91-44(10)79)58(90-43(9)78)55(51(94-63)34-84-38(4)73)96-64-61(92-45(11)80)59-56(52(95-64)35-85-39(5)74)97-65(82)66(99-59)31-49(87-40(6)75)53(68-36(2)71)57(98-66)54(89-42(8)77)50(88-41(7)76)33-83-37(3)72/h24-30,47-61,63-64H,12-23,31-35H2,1-11H3,(H,68,71)/b30-27+/t47-,48+,49-,50+,51+,52+,53+,54+,55+,56-,57+,58-,59-,60+,61+,63+,64-,66-/m0/s1. The summed E-state index contributed by atoms with van der Waals surface area (Å²) in [5.41, 5.74) is 10.2. The van der Waals surface area contributed by atoms with Crippen molar-refractivity contribution < 1.29 is 138 Å². The lowest BCUT2D eigenvalue weighted by Gasteiger charge is -2.55. The third-order valence-corrected chi connectivity index (χ3v) is 15.7. The summed E-state index contributed by atoms with van der Waals surface area (Å²) in [4.78, 5) is 161. The van der Waals surface area contributed by atoms with Crippen LogP contribution in [0.25, 0.3) is 10.4 Å². The lowest BCUT2D eigenvalue weighted by molar-refractivity contribution is -0.405. The fraction of sp³-hybridized carbons (Fsp3) is 0.697. The van der Waals surface area contributed by atoms with Crippen molar-refractivity contribution in [2.45, 2.75) is 269 Å². The number of azide groups is 1. The average Bonchev–Trinajstić information content (AvgIpc) is 0.727. The minimum atomic E-state index is -2.95. The van der Waals surface area contributed by atoms with Gasteiger partial charge in [-0.25, -0.2) is 9.59 Å². The summed E-state index contributed by atoms with van der Waals surface area (Å²) in [6.45, 7) is 8.92. The molecule has 4 heterocycles. The van der Waals surface area contributed by atoms with E-state index in [1.54, 1.807) is 30.4 Å². The number of ether oxygens (including phenoxy) is 17. The van der Waals surface area contributed by atoms with Crippen LogP contribution in [0.4, 0.5) is 0 Å². The van der Waals surface area contributed by atoms with E-state index >= 15 is 0 Å². The maximum absolute atomic E-state index is 15.0. The van der Waals surface area contributed by atoms with Gasteiger partial charge in [0, 0.05) is 74.1 Å². The Kier molecular flexibility index (Phi) is 33.4. The molecule has 0 bridgehead atoms. The molecule has 33 nitrogen and oxygen atoms in total. The Morgan fingerprint density at radius 2 is 1.16 bits per heavy atom. The van der Waals surface area contributed by atoms with E-state index in [-0.39, 0.29) is 5.56 Å². The summed E-state index contributed by atoms with van der Waals surface area (Å²) < 4.78 is 101. The quantitative estimate of drug-likeness (QED) is 0.0161. The van der Waals surface area contributed by atoms with Crippen LogP contribution in [0.3, 0.4) is 0 Å². The molecule has 4 saturated heterocycles. The highest BCUT2D eigenvalue weighted by molar-refractivity contribution is 5.89. The van der Waals surface area contributed by atoms with Gasteiger partial charge in [-0.2, -0.15) is 0 Å². The third kappa shape index (κ3) is 26.0. The third-order valence-electron chi connectivity index (χ3n) is 15.7. The second-order valence-electron chi connectivity index (χ2n) is 24.0. The molecule has 1 amide bonds. The zero-order valence-electron chi connectivity index (χ0n) is 57.6. The topological polar surface area (TPSA) is 423 Å². The first kappa shape index (κ1) is 81.3. The number of rotatable bonds is 37. The Bertz CT molecular complexity index is 3000. The zero-order chi connectivity index (χ0) is 72.9. The van der Waals surface area contributed by atoms with E-state index in [0.29, 0.717) is 6.42 Å². The van der Waals surface area contributed by atoms with Crippen LogP contribution in [-0.4, -0.2) is 208 Å². The molecule has 1 N–H and O–H groups in total. The van der Waals surface area contributed by atoms with Crippen molar-refractivity contribution in [2.75, 3.05) is 26.4 Å². The van der Waals surface area contributed by atoms with Crippen LogP contribution in [0.2, 0.25) is 0 Å². The molecule has 4 fully saturated rings. The molecule has 0 radical (unpaired) electrons. The maximum atomic E-state index is 15.0. The molecule has 1 spiro atoms. The van der Waals surface area contributed by atoms with Gasteiger partial charge in [0.15, 0.2) is 49.2 Å². The SMILES string of the molecule is CCCCCCCCCCCCC/C=C/[C@@H](OC(=O)c1ccccc1)[C@H](CO[C@@H]1O[C@H](COC(C)=O)[C@@H](O[C@@H]2O[C@H](COC(C)=O)[C@@H]3OC(=O)[C@]4(C[C@H](OC(C)=O)[C@@H](NC(C)=O)[C@H]([C@H](OC(C)=O)[C@@H](COC(C)=O)OC(C)=O)O4)O[C@@H]3[C@H]2OC(C)=O)[C@H](OC(C)=O)[C@H]1OC(C)=O)N=[N+]=[N-]. The van der Waals surface area contributed by atoms with Crippen molar-refractivity contribution in [2.24, 2.45) is 5.11 Å². The molecule has 18 atom stereocenters. The molecule has 33 heteroatoms. The number of nitrogens with zero attached hydrogens (tertiary/aromatic N) is 3. The van der Waals surface area contributed by atoms with Crippen LogP contribution in [0.15, 0.2) is 47.6 Å². The van der Waals surface area contributed by atoms with Crippen molar-refractivity contribution in [3.8, 4) is 0 Å². The van der Waals surface area contributed by atoms with Crippen molar-refractivity contribution >= 4 is 71.6 Å². The van der Waals surface area contributed by atoms with E-state index in [0.717, 1.165) is 101 Å². The molecular formula is C66H92N4O29. The number of carbonyl (C=O) groups excluding carboxylic acids is 12. The summed E-state index contributed by atoms with van der Waals surface area (Å²) >= 11 is 0. The fourth-order valence-electron chi connectivity index (χ4n) is 11.6. The van der Waals surface area contributed by atoms with Crippen molar-refractivity contribution in [1.82, 2.24) is 5.32 Å². The molecule has 0 aromatic heterocycles. The summed E-state index contributed by atoms with van der Waals surface area (Å²) in [7, 11) is 0. The molecule has 0 saturated carbocycles. The van der Waals surface area contributed by atoms with Crippen LogP contribution in [0, 0.1) is 0 Å². The van der Waals surface area contributed by atoms with E-state index < -0.39 is 214 Å². The van der Waals surface area contributed by atoms with Crippen molar-refractivity contribution in [3.63, 3.8) is 0 Å². The summed E-state index contributed by atoms with van der Waals surface area (Å²) in [5, 5.41) is 6.47. The normalized spacial score (nSPS) is 26.7. The molecule has 0 aliphatic carbocycles. The average molecular weight is 1410 g/mol. The second-order valence-corrected chi connectivity index (χ2v) is 24.0. The van der Waals surface area contributed by atoms with E-state index in [9.17, 15) is 63.1 Å². The zero-order valence-corrected chi connectivity index (χ0v) is 57.6. The maximum Gasteiger partial charge on any atom is 0.367 e. The Balaban J connectivity index is 1.59. The summed E-state index contributed by atoms with van der Waals surface area (Å²) in [6.07, 6.45) is -12.7. The largest absolute Gasteiger partial charge is 0.463 e. The van der Waals surface area contributed by atoms with Gasteiger partial charge in [-0.15, -0.1) is 0 Å². The van der Waals surface area contributed by atoms with E-state index in [1.165, 1.54) is 50.7 Å². The Hall–Kier alpha value is -8.33. The number of nitrogens with one attached hydrogen (secondary N) is 1. The van der Waals surface area contributed by atoms with E-state index in [4.69, 9.17) is 80.5 Å². The van der Waals surface area contributed by atoms with Gasteiger partial charge in [-0.05, 0) is 36.6 Å². The van der Waals surface area contributed by atoms with E-state index in [2.05, 4.69) is 22.3 Å². The van der Waals surface area contributed by atoms with Crippen molar-refractivity contribution in [3.05, 3.63) is 58.5 Å². The number of carbonyl (C=O) groups is 12. The minimum Gasteiger partial charge on any atom is -0.463 e. The van der Waals surface area contributed by atoms with Crippen LogP contribution in [0.5, 0.6) is 0 Å². The fourth-order valence-corrected chi connectivity index (χ4v) is 11.6. The molecule has 1 aromatic rings. The number of benzene rings is 1. The van der Waals surface area contributed by atoms with Crippen LogP contribution >= 0.6 is 0 Å². The molecule has 0 unspecified atom stereocenters. The molecule has 99 heavy (non-hydrogen) atoms. The second kappa shape index (κ2) is 40.7. The number of amides is 1. The number of esters is 11. The van der Waals surface area contributed by atoms with Crippen LogP contribution < -0.4 is 5.32 Å². The van der Waals surface area contributed by atoms with Crippen LogP contribution in [-0.2, 0) is 133 Å². The molecule has 1 aromatic carbocycles. The van der Waals surface area contributed by atoms with Gasteiger partial charge in [0.05, 0.1) is 24.6 Å². The smallest absolute Gasteiger partial charge is 0.367 e. The first-order chi connectivity index (χ1) is 47.1. The number of unbranched alkanes of at least 4 members (excludes halogenated alkanes) is 11. The predicted octanol–water partition coefficient (Wildman–Crippen LogP) is 5.58. The predicted molar refractivity (Wildman–Crippen MR) is 335 cm³/mol. The van der Waals surface area contributed by atoms with Gasteiger partial charge in [0.1, 0.15) is 68.6 Å². The highest BCUT2D eigenvalue weighted by atomic mass is 16.8. The molecule has 4 aliphatic heterocycles. The molecule has 4 aliphatic rings. The minimum absolute atomic E-state index is 0.160. The Morgan fingerprint density at radius 1 is 0.606 bits per heavy atom. The lowest BCUT2D eigenvalue weighted by atomic mass is 9.86. The Morgan fingerprint density at radius 3 is 1.72 bits per heavy atom. The monoisotopic (exact) mass is 1400 g/mol. The number of fused-ring (bicyclic) bond motifs is 1. The first-order valence-electron chi connectivity index (χ1n) is 32.9. The van der Waals surface area contributed by atoms with Gasteiger partial charge >= 0.3 is 65.7 Å². The van der Waals surface area contributed by atoms with Gasteiger partial charge in [-0.1, -0.05) is 101 Å².